The molecule has 20 heavy (non-hydrogen) atoms. The van der Waals surface area contributed by atoms with Crippen LogP contribution in [0.25, 0.3) is 0 Å². The van der Waals surface area contributed by atoms with Crippen molar-refractivity contribution in [2.75, 3.05) is 6.54 Å². The van der Waals surface area contributed by atoms with Crippen LogP contribution in [0.1, 0.15) is 23.2 Å². The van der Waals surface area contributed by atoms with E-state index in [0.29, 0.717) is 10.5 Å². The Hall–Kier alpha value is -0.780. The van der Waals surface area contributed by atoms with Gasteiger partial charge in [-0.2, -0.15) is 0 Å². The highest BCUT2D eigenvalue weighted by molar-refractivity contribution is 9.10. The van der Waals surface area contributed by atoms with Crippen molar-refractivity contribution in [1.29, 1.82) is 0 Å². The molecule has 1 N–H and O–H groups in total. The monoisotopic (exact) mass is 356 g/mol. The Morgan fingerprint density at radius 3 is 2.80 bits per heavy atom. The molecule has 2 aromatic rings. The van der Waals surface area contributed by atoms with E-state index in [9.17, 15) is 4.39 Å². The topological polar surface area (TPSA) is 24.9 Å². The first-order valence-electron chi connectivity index (χ1n) is 6.66. The number of thiazole rings is 1. The summed E-state index contributed by atoms with van der Waals surface area (Å²) in [5, 5.41) is 6.69. The first-order valence-corrected chi connectivity index (χ1v) is 8.34. The molecule has 0 saturated heterocycles. The van der Waals surface area contributed by atoms with Crippen molar-refractivity contribution in [2.45, 2.75) is 32.7 Å². The SMILES string of the molecule is CCNC(Cc1ccc(F)c(Br)c1)Cc1csc(C)n1. The van der Waals surface area contributed by atoms with Crippen molar-refractivity contribution in [1.82, 2.24) is 10.3 Å². The Morgan fingerprint density at radius 1 is 1.40 bits per heavy atom. The molecule has 0 aliphatic heterocycles. The van der Waals surface area contributed by atoms with Crippen LogP contribution in [0.5, 0.6) is 0 Å². The summed E-state index contributed by atoms with van der Waals surface area (Å²) in [6, 6.07) is 5.52. The van der Waals surface area contributed by atoms with Crippen LogP contribution in [0, 0.1) is 12.7 Å². The van der Waals surface area contributed by atoms with E-state index < -0.39 is 0 Å². The van der Waals surface area contributed by atoms with Crippen LogP contribution >= 0.6 is 27.3 Å². The summed E-state index contributed by atoms with van der Waals surface area (Å²) in [5.74, 6) is -0.219. The molecule has 1 heterocycles. The number of aryl methyl sites for hydroxylation is 1. The van der Waals surface area contributed by atoms with Crippen LogP contribution in [-0.2, 0) is 12.8 Å². The number of likely N-dealkylation sites (N-methyl/N-ethyl adjacent to an activating group) is 1. The van der Waals surface area contributed by atoms with Gasteiger partial charge in [-0.15, -0.1) is 11.3 Å². The van der Waals surface area contributed by atoms with Crippen molar-refractivity contribution >= 4 is 27.3 Å². The van der Waals surface area contributed by atoms with Gasteiger partial charge in [-0.3, -0.25) is 0 Å². The molecule has 0 radical (unpaired) electrons. The normalized spacial score (nSPS) is 12.6. The second-order valence-electron chi connectivity index (χ2n) is 4.77. The van der Waals surface area contributed by atoms with Gasteiger partial charge in [-0.25, -0.2) is 9.37 Å². The Morgan fingerprint density at radius 2 is 2.20 bits per heavy atom. The molecule has 1 atom stereocenters. The lowest BCUT2D eigenvalue weighted by atomic mass is 10.0. The van der Waals surface area contributed by atoms with E-state index in [-0.39, 0.29) is 5.82 Å². The van der Waals surface area contributed by atoms with Crippen molar-refractivity contribution in [3.63, 3.8) is 0 Å². The van der Waals surface area contributed by atoms with E-state index in [1.807, 2.05) is 19.1 Å². The summed E-state index contributed by atoms with van der Waals surface area (Å²) in [4.78, 5) is 4.52. The molecule has 0 aliphatic carbocycles. The third-order valence-corrected chi connectivity index (χ3v) is 4.51. The molecule has 1 aromatic carbocycles. The maximum Gasteiger partial charge on any atom is 0.137 e. The minimum atomic E-state index is -0.219. The standard InChI is InChI=1S/C15H18BrFN2S/c1-3-18-12(8-13-9-20-10(2)19-13)6-11-4-5-15(17)14(16)7-11/h4-5,7,9,12,18H,3,6,8H2,1-2H3. The fraction of sp³-hybridized carbons (Fsp3) is 0.400. The van der Waals surface area contributed by atoms with Gasteiger partial charge in [0.15, 0.2) is 0 Å². The minimum absolute atomic E-state index is 0.219. The van der Waals surface area contributed by atoms with E-state index in [4.69, 9.17) is 0 Å². The van der Waals surface area contributed by atoms with Gasteiger partial charge in [-0.1, -0.05) is 13.0 Å². The number of hydrogen-bond donors (Lipinski definition) is 1. The number of benzene rings is 1. The van der Waals surface area contributed by atoms with Crippen LogP contribution in [-0.4, -0.2) is 17.6 Å². The maximum atomic E-state index is 13.3. The Labute approximate surface area is 131 Å². The van der Waals surface area contributed by atoms with Gasteiger partial charge in [0.1, 0.15) is 5.82 Å². The smallest absolute Gasteiger partial charge is 0.137 e. The molecule has 2 rings (SSSR count). The summed E-state index contributed by atoms with van der Waals surface area (Å²) in [6.07, 6.45) is 1.76. The molecule has 0 fully saturated rings. The Kier molecular flexibility index (Phi) is 5.69. The molecular formula is C15H18BrFN2S. The molecule has 0 aliphatic rings. The maximum absolute atomic E-state index is 13.3. The number of aromatic nitrogens is 1. The first kappa shape index (κ1) is 15.6. The molecule has 2 nitrogen and oxygen atoms in total. The van der Waals surface area contributed by atoms with Crippen LogP contribution in [0.2, 0.25) is 0 Å². The predicted molar refractivity (Wildman–Crippen MR) is 85.8 cm³/mol. The number of halogens is 2. The minimum Gasteiger partial charge on any atom is -0.314 e. The van der Waals surface area contributed by atoms with Gasteiger partial charge in [0.2, 0.25) is 0 Å². The molecule has 1 unspecified atom stereocenters. The van der Waals surface area contributed by atoms with Gasteiger partial charge < -0.3 is 5.32 Å². The highest BCUT2D eigenvalue weighted by Crippen LogP contribution is 2.19. The Balaban J connectivity index is 2.06. The molecule has 0 bridgehead atoms. The second-order valence-corrected chi connectivity index (χ2v) is 6.69. The van der Waals surface area contributed by atoms with Gasteiger partial charge in [-0.05, 0) is 53.5 Å². The lowest BCUT2D eigenvalue weighted by molar-refractivity contribution is 0.516. The van der Waals surface area contributed by atoms with Gasteiger partial charge in [0, 0.05) is 17.8 Å². The molecule has 1 aromatic heterocycles. The second kappa shape index (κ2) is 7.29. The summed E-state index contributed by atoms with van der Waals surface area (Å²) in [6.45, 7) is 5.03. The Bertz CT molecular complexity index is 571. The molecule has 0 amide bonds. The van der Waals surface area contributed by atoms with E-state index >= 15 is 0 Å². The molecule has 0 spiro atoms. The summed E-state index contributed by atoms with van der Waals surface area (Å²) in [7, 11) is 0. The van der Waals surface area contributed by atoms with E-state index in [1.54, 1.807) is 11.3 Å². The number of hydrogen-bond acceptors (Lipinski definition) is 3. The van der Waals surface area contributed by atoms with Crippen molar-refractivity contribution in [2.24, 2.45) is 0 Å². The lowest BCUT2D eigenvalue weighted by Gasteiger charge is -2.17. The van der Waals surface area contributed by atoms with Crippen molar-refractivity contribution in [3.8, 4) is 0 Å². The van der Waals surface area contributed by atoms with E-state index in [0.717, 1.165) is 35.7 Å². The van der Waals surface area contributed by atoms with E-state index in [1.165, 1.54) is 6.07 Å². The average Bonchev–Trinajstić information content (AvgIpc) is 2.80. The molecule has 108 valence electrons. The third-order valence-electron chi connectivity index (χ3n) is 3.08. The number of nitrogens with zero attached hydrogens (tertiary/aromatic N) is 1. The number of rotatable bonds is 6. The fourth-order valence-corrected chi connectivity index (χ4v) is 3.26. The average molecular weight is 357 g/mol. The van der Waals surface area contributed by atoms with Gasteiger partial charge in [0.25, 0.3) is 0 Å². The number of nitrogens with one attached hydrogen (secondary N) is 1. The zero-order chi connectivity index (χ0) is 14.5. The largest absolute Gasteiger partial charge is 0.314 e. The molecule has 5 heteroatoms. The van der Waals surface area contributed by atoms with Crippen LogP contribution < -0.4 is 5.32 Å². The summed E-state index contributed by atoms with van der Waals surface area (Å²) in [5.41, 5.74) is 2.25. The summed E-state index contributed by atoms with van der Waals surface area (Å²) < 4.78 is 13.8. The quantitative estimate of drug-likeness (QED) is 0.841. The zero-order valence-electron chi connectivity index (χ0n) is 11.6. The van der Waals surface area contributed by atoms with Crippen LogP contribution in [0.15, 0.2) is 28.1 Å². The van der Waals surface area contributed by atoms with E-state index in [2.05, 4.69) is 38.5 Å². The van der Waals surface area contributed by atoms with Crippen LogP contribution in [0.4, 0.5) is 4.39 Å². The van der Waals surface area contributed by atoms with Gasteiger partial charge >= 0.3 is 0 Å². The highest BCUT2D eigenvalue weighted by atomic mass is 79.9. The molecular weight excluding hydrogens is 339 g/mol. The van der Waals surface area contributed by atoms with Gasteiger partial charge in [0.05, 0.1) is 15.2 Å². The van der Waals surface area contributed by atoms with Crippen molar-refractivity contribution < 1.29 is 4.39 Å². The third kappa shape index (κ3) is 4.36. The first-order chi connectivity index (χ1) is 9.58. The predicted octanol–water partition coefficient (Wildman–Crippen LogP) is 4.12. The van der Waals surface area contributed by atoms with Crippen molar-refractivity contribution in [3.05, 3.63) is 50.1 Å². The molecule has 0 saturated carbocycles. The van der Waals surface area contributed by atoms with Crippen LogP contribution in [0.3, 0.4) is 0 Å². The lowest BCUT2D eigenvalue weighted by Crippen LogP contribution is -2.33. The summed E-state index contributed by atoms with van der Waals surface area (Å²) >= 11 is 4.92. The zero-order valence-corrected chi connectivity index (χ0v) is 14.0. The highest BCUT2D eigenvalue weighted by Gasteiger charge is 2.12. The fourth-order valence-electron chi connectivity index (χ4n) is 2.21.